The van der Waals surface area contributed by atoms with E-state index in [1.165, 1.54) is 29.1 Å². The second-order valence-corrected chi connectivity index (χ2v) is 7.08. The number of aromatic hydroxyl groups is 1. The van der Waals surface area contributed by atoms with Gasteiger partial charge in [0.15, 0.2) is 0 Å². The van der Waals surface area contributed by atoms with Gasteiger partial charge < -0.3 is 10.2 Å². The van der Waals surface area contributed by atoms with Gasteiger partial charge >= 0.3 is 5.97 Å². The maximum Gasteiger partial charge on any atom is 0.303 e. The summed E-state index contributed by atoms with van der Waals surface area (Å²) in [7, 11) is 0. The van der Waals surface area contributed by atoms with Crippen molar-refractivity contribution in [3.63, 3.8) is 0 Å². The first-order valence-electron chi connectivity index (χ1n) is 9.76. The molecule has 0 spiro atoms. The number of carboxylic acid groups (broad SMARTS) is 1. The molecule has 3 N–H and O–H groups in total. The zero-order valence-corrected chi connectivity index (χ0v) is 17.2. The third-order valence-corrected chi connectivity index (χ3v) is 4.74. The molecule has 0 aliphatic heterocycles. The molecule has 0 fully saturated rings. The first-order chi connectivity index (χ1) is 15.3. The van der Waals surface area contributed by atoms with Crippen LogP contribution in [0.15, 0.2) is 46.2 Å². The molecular formula is C23H21F2N3O4. The predicted molar refractivity (Wildman–Crippen MR) is 117 cm³/mol. The molecule has 0 aliphatic carbocycles. The summed E-state index contributed by atoms with van der Waals surface area (Å²) in [6, 6.07) is 7.99. The van der Waals surface area contributed by atoms with Crippen molar-refractivity contribution in [2.45, 2.75) is 26.3 Å². The van der Waals surface area contributed by atoms with E-state index in [2.05, 4.69) is 10.1 Å². The Balaban J connectivity index is 1.81. The summed E-state index contributed by atoms with van der Waals surface area (Å²) in [6.45, 7) is 1.91. The molecule has 1 aromatic heterocycles. The van der Waals surface area contributed by atoms with Crippen molar-refractivity contribution < 1.29 is 23.8 Å². The summed E-state index contributed by atoms with van der Waals surface area (Å²) in [4.78, 5) is 27.4. The summed E-state index contributed by atoms with van der Waals surface area (Å²) in [6.07, 6.45) is 4.45. The van der Waals surface area contributed by atoms with E-state index in [4.69, 9.17) is 5.11 Å². The van der Waals surface area contributed by atoms with Gasteiger partial charge in [-0.3, -0.25) is 24.4 Å². The molecule has 0 radical (unpaired) electrons. The fraction of sp³-hybridized carbons (Fsp3) is 0.174. The molecular weight excluding hydrogens is 420 g/mol. The lowest BCUT2D eigenvalue weighted by molar-refractivity contribution is -0.137. The van der Waals surface area contributed by atoms with Crippen LogP contribution in [0.3, 0.4) is 0 Å². The second-order valence-electron chi connectivity index (χ2n) is 7.08. The van der Waals surface area contributed by atoms with Gasteiger partial charge in [-0.15, -0.1) is 0 Å². The van der Waals surface area contributed by atoms with E-state index in [0.717, 1.165) is 12.1 Å². The van der Waals surface area contributed by atoms with Gasteiger partial charge in [0, 0.05) is 42.1 Å². The molecule has 3 rings (SSSR count). The van der Waals surface area contributed by atoms with E-state index in [1.54, 1.807) is 25.1 Å². The minimum absolute atomic E-state index is 0.0517. The zero-order valence-electron chi connectivity index (χ0n) is 17.2. The van der Waals surface area contributed by atoms with Crippen LogP contribution in [-0.2, 0) is 11.3 Å². The minimum Gasteiger partial charge on any atom is -0.505 e. The van der Waals surface area contributed by atoms with E-state index in [-0.39, 0.29) is 41.1 Å². The number of carbonyl (C=O) groups is 1. The number of nitrogens with one attached hydrogen (secondary N) is 1. The molecule has 0 amide bonds. The van der Waals surface area contributed by atoms with Crippen LogP contribution < -0.4 is 5.56 Å². The zero-order chi connectivity index (χ0) is 23.3. The highest BCUT2D eigenvalue weighted by atomic mass is 19.1. The summed E-state index contributed by atoms with van der Waals surface area (Å²) < 4.78 is 28.1. The van der Waals surface area contributed by atoms with Crippen molar-refractivity contribution in [3.05, 3.63) is 80.8 Å². The van der Waals surface area contributed by atoms with Crippen LogP contribution >= 0.6 is 0 Å². The number of benzene rings is 2. The Kier molecular flexibility index (Phi) is 6.99. The van der Waals surface area contributed by atoms with Gasteiger partial charge in [-0.05, 0) is 31.5 Å². The molecule has 0 saturated carbocycles. The fourth-order valence-electron chi connectivity index (χ4n) is 3.05. The fourth-order valence-corrected chi connectivity index (χ4v) is 3.05. The Bertz CT molecular complexity index is 1260. The monoisotopic (exact) mass is 441 g/mol. The molecule has 0 atom stereocenters. The van der Waals surface area contributed by atoms with E-state index < -0.39 is 17.6 Å². The first-order valence-corrected chi connectivity index (χ1v) is 9.76. The Morgan fingerprint density at radius 3 is 2.66 bits per heavy atom. The quantitative estimate of drug-likeness (QED) is 0.359. The lowest BCUT2D eigenvalue weighted by Gasteiger charge is -2.03. The van der Waals surface area contributed by atoms with Gasteiger partial charge in [0.25, 0.3) is 5.56 Å². The van der Waals surface area contributed by atoms with E-state index in [1.807, 2.05) is 0 Å². The van der Waals surface area contributed by atoms with Crippen molar-refractivity contribution >= 4 is 30.0 Å². The van der Waals surface area contributed by atoms with Gasteiger partial charge in [-0.25, -0.2) is 8.78 Å². The lowest BCUT2D eigenvalue weighted by Crippen LogP contribution is -2.19. The van der Waals surface area contributed by atoms with E-state index in [0.29, 0.717) is 17.7 Å². The van der Waals surface area contributed by atoms with Gasteiger partial charge in [0.05, 0.1) is 5.56 Å². The number of hydrogen-bond acceptors (Lipinski definition) is 4. The van der Waals surface area contributed by atoms with Crippen LogP contribution in [0.4, 0.5) is 14.5 Å². The molecule has 0 unspecified atom stereocenters. The number of halogens is 2. The average molecular weight is 441 g/mol. The van der Waals surface area contributed by atoms with Crippen molar-refractivity contribution in [2.75, 3.05) is 0 Å². The molecule has 3 aromatic rings. The van der Waals surface area contributed by atoms with Gasteiger partial charge in [0.2, 0.25) is 0 Å². The van der Waals surface area contributed by atoms with Crippen LogP contribution in [0.1, 0.15) is 35.2 Å². The number of carboxylic acids is 1. The Hall–Kier alpha value is -4.01. The van der Waals surface area contributed by atoms with Gasteiger partial charge in [-0.2, -0.15) is 0 Å². The Labute approximate surface area is 182 Å². The number of rotatable bonds is 8. The molecule has 7 nitrogen and oxygen atoms in total. The lowest BCUT2D eigenvalue weighted by atomic mass is 10.1. The number of H-pyrrole nitrogens is 1. The Morgan fingerprint density at radius 2 is 1.94 bits per heavy atom. The average Bonchev–Trinajstić information content (AvgIpc) is 3.00. The number of para-hydroxylation sites is 1. The highest BCUT2D eigenvalue weighted by Gasteiger charge is 2.11. The molecule has 166 valence electrons. The summed E-state index contributed by atoms with van der Waals surface area (Å²) in [5.41, 5.74) is 1.21. The van der Waals surface area contributed by atoms with Gasteiger partial charge in [0.1, 0.15) is 23.1 Å². The highest BCUT2D eigenvalue weighted by Crippen LogP contribution is 2.31. The standard InChI is InChI=1S/C23H21F2N3O4/c1-14-18(23(32)28(27-14)11-3-6-21(29)30)13-26-20-5-2-4-16(22(20)31)8-7-15-9-10-17(24)12-19(15)25/h2,4-5,7-10,12-13,27,31H,3,6,11H2,1H3,(H,29,30)/b8-7+,26-13?. The Morgan fingerprint density at radius 1 is 1.19 bits per heavy atom. The number of aryl methyl sites for hydroxylation is 2. The van der Waals surface area contributed by atoms with Crippen LogP contribution in [0, 0.1) is 18.6 Å². The predicted octanol–water partition coefficient (Wildman–Crippen LogP) is 4.25. The molecule has 0 saturated heterocycles. The highest BCUT2D eigenvalue weighted by molar-refractivity contribution is 5.85. The molecule has 32 heavy (non-hydrogen) atoms. The number of phenolic OH excluding ortho intramolecular Hbond substituents is 1. The maximum absolute atomic E-state index is 13.8. The molecule has 2 aromatic carbocycles. The normalized spacial score (nSPS) is 11.6. The van der Waals surface area contributed by atoms with Crippen molar-refractivity contribution in [1.29, 1.82) is 0 Å². The number of aromatic amines is 1. The van der Waals surface area contributed by atoms with E-state index >= 15 is 0 Å². The summed E-state index contributed by atoms with van der Waals surface area (Å²) in [5, 5.41) is 22.1. The van der Waals surface area contributed by atoms with Crippen LogP contribution in [-0.4, -0.2) is 32.2 Å². The van der Waals surface area contributed by atoms with Crippen molar-refractivity contribution in [1.82, 2.24) is 9.78 Å². The maximum atomic E-state index is 13.8. The number of aromatic nitrogens is 2. The van der Waals surface area contributed by atoms with Crippen molar-refractivity contribution in [3.8, 4) is 5.75 Å². The molecule has 9 heteroatoms. The minimum atomic E-state index is -0.935. The SMILES string of the molecule is Cc1[nH]n(CCCC(=O)O)c(=O)c1C=Nc1cccc(/C=C/c2ccc(F)cc2F)c1O. The third kappa shape index (κ3) is 5.37. The first kappa shape index (κ1) is 22.7. The number of aliphatic imine (C=N–C) groups is 1. The smallest absolute Gasteiger partial charge is 0.303 e. The number of aliphatic carboxylic acids is 1. The second kappa shape index (κ2) is 9.86. The largest absolute Gasteiger partial charge is 0.505 e. The summed E-state index contributed by atoms with van der Waals surface area (Å²) >= 11 is 0. The van der Waals surface area contributed by atoms with Crippen LogP contribution in [0.25, 0.3) is 12.2 Å². The number of phenols is 1. The molecule has 0 aliphatic rings. The molecule has 0 bridgehead atoms. The summed E-state index contributed by atoms with van der Waals surface area (Å²) in [5.74, 6) is -2.51. The number of hydrogen-bond donors (Lipinski definition) is 3. The number of nitrogens with zero attached hydrogens (tertiary/aromatic N) is 2. The van der Waals surface area contributed by atoms with Crippen LogP contribution in [0.2, 0.25) is 0 Å². The van der Waals surface area contributed by atoms with Crippen molar-refractivity contribution in [2.24, 2.45) is 4.99 Å². The topological polar surface area (TPSA) is 108 Å². The van der Waals surface area contributed by atoms with E-state index in [9.17, 15) is 23.5 Å². The van der Waals surface area contributed by atoms with Gasteiger partial charge in [-0.1, -0.05) is 24.3 Å². The third-order valence-electron chi connectivity index (χ3n) is 4.74. The molecule has 1 heterocycles. The van der Waals surface area contributed by atoms with Crippen LogP contribution in [0.5, 0.6) is 5.75 Å².